The molecule has 1 aliphatic rings. The number of aliphatic hydroxyl groups excluding tert-OH is 1. The van der Waals surface area contributed by atoms with Crippen LogP contribution in [0.15, 0.2) is 73.1 Å². The number of halogens is 1. The van der Waals surface area contributed by atoms with Crippen LogP contribution in [0.3, 0.4) is 0 Å². The largest absolute Gasteiger partial charge is 0.393 e. The first-order valence-corrected chi connectivity index (χ1v) is 11.2. The van der Waals surface area contributed by atoms with Crippen molar-refractivity contribution in [3.05, 3.63) is 84.0 Å². The van der Waals surface area contributed by atoms with Crippen LogP contribution in [0.5, 0.6) is 0 Å². The van der Waals surface area contributed by atoms with Gasteiger partial charge >= 0.3 is 0 Å². The lowest BCUT2D eigenvalue weighted by Crippen LogP contribution is -2.30. The van der Waals surface area contributed by atoms with Crippen LogP contribution >= 0.6 is 11.6 Å². The second-order valence-electron chi connectivity index (χ2n) is 8.49. The summed E-state index contributed by atoms with van der Waals surface area (Å²) in [6.07, 6.45) is 5.68. The van der Waals surface area contributed by atoms with E-state index in [4.69, 9.17) is 21.6 Å². The quantitative estimate of drug-likeness (QED) is 0.396. The number of benzene rings is 2. The third-order valence-corrected chi connectivity index (χ3v) is 6.56. The van der Waals surface area contributed by atoms with Gasteiger partial charge in [0.2, 0.25) is 0 Å². The first-order valence-electron chi connectivity index (χ1n) is 10.8. The van der Waals surface area contributed by atoms with E-state index >= 15 is 0 Å². The van der Waals surface area contributed by atoms with Crippen LogP contribution in [0.4, 0.5) is 0 Å². The molecule has 0 aliphatic heterocycles. The topological polar surface area (TPSA) is 63.3 Å². The molecular formula is C26H21ClN4O. The monoisotopic (exact) mass is 440 g/mol. The molecule has 3 aromatic heterocycles. The Balaban J connectivity index is 1.46. The van der Waals surface area contributed by atoms with Crippen LogP contribution in [0.25, 0.3) is 38.9 Å². The van der Waals surface area contributed by atoms with Gasteiger partial charge in [0.05, 0.1) is 40.9 Å². The average molecular weight is 441 g/mol. The Morgan fingerprint density at radius 2 is 1.75 bits per heavy atom. The highest BCUT2D eigenvalue weighted by Gasteiger charge is 2.29. The summed E-state index contributed by atoms with van der Waals surface area (Å²) in [6, 6.07) is 20.6. The fraction of sp³-hybridized carbons (Fsp3) is 0.192. The van der Waals surface area contributed by atoms with Crippen molar-refractivity contribution in [2.75, 3.05) is 0 Å². The second-order valence-corrected chi connectivity index (χ2v) is 8.88. The summed E-state index contributed by atoms with van der Waals surface area (Å²) in [6.45, 7) is 0. The Bertz CT molecular complexity index is 1440. The zero-order valence-corrected chi connectivity index (χ0v) is 18.1. The lowest BCUT2D eigenvalue weighted by Gasteiger charge is -2.30. The molecule has 6 rings (SSSR count). The molecule has 0 spiro atoms. The summed E-state index contributed by atoms with van der Waals surface area (Å²) in [7, 11) is 0. The first-order chi connectivity index (χ1) is 15.7. The van der Waals surface area contributed by atoms with Crippen molar-refractivity contribution in [2.45, 2.75) is 25.4 Å². The minimum atomic E-state index is -0.187. The summed E-state index contributed by atoms with van der Waals surface area (Å²) in [5.74, 6) is 1.34. The van der Waals surface area contributed by atoms with E-state index in [2.05, 4.69) is 47.4 Å². The fourth-order valence-corrected chi connectivity index (χ4v) is 4.82. The van der Waals surface area contributed by atoms with E-state index in [1.807, 2.05) is 28.8 Å². The predicted molar refractivity (Wildman–Crippen MR) is 127 cm³/mol. The predicted octanol–water partition coefficient (Wildman–Crippen LogP) is 5.58. The van der Waals surface area contributed by atoms with Crippen LogP contribution in [-0.2, 0) is 6.42 Å². The van der Waals surface area contributed by atoms with Crippen molar-refractivity contribution < 1.29 is 5.11 Å². The number of aliphatic hydroxyl groups is 1. The summed E-state index contributed by atoms with van der Waals surface area (Å²) < 4.78 is 1.98. The van der Waals surface area contributed by atoms with Crippen LogP contribution in [-0.4, -0.2) is 30.6 Å². The van der Waals surface area contributed by atoms with Crippen LogP contribution < -0.4 is 0 Å². The number of pyridine rings is 1. The smallest absolute Gasteiger partial charge is 0.133 e. The molecule has 0 unspecified atom stereocenters. The SMILES string of the molecule is OC1CC(Cc2nc(-c3ccc4ccc(-c5ccccc5)nc4c3)c3cncc(Cl)n23)C1. The van der Waals surface area contributed by atoms with E-state index in [-0.39, 0.29) is 6.10 Å². The number of hydrogen-bond acceptors (Lipinski definition) is 4. The Hall–Kier alpha value is -3.28. The van der Waals surface area contributed by atoms with Gasteiger partial charge in [0.15, 0.2) is 0 Å². The summed E-state index contributed by atoms with van der Waals surface area (Å²) >= 11 is 6.52. The van der Waals surface area contributed by atoms with Crippen molar-refractivity contribution in [1.29, 1.82) is 0 Å². The molecule has 1 aliphatic carbocycles. The number of rotatable bonds is 4. The van der Waals surface area contributed by atoms with Crippen molar-refractivity contribution in [2.24, 2.45) is 5.92 Å². The van der Waals surface area contributed by atoms with E-state index in [9.17, 15) is 5.11 Å². The third-order valence-electron chi connectivity index (χ3n) is 6.29. The highest BCUT2D eigenvalue weighted by atomic mass is 35.5. The number of imidazole rings is 1. The minimum Gasteiger partial charge on any atom is -0.393 e. The van der Waals surface area contributed by atoms with Gasteiger partial charge in [0, 0.05) is 22.9 Å². The van der Waals surface area contributed by atoms with Gasteiger partial charge in [0.25, 0.3) is 0 Å². The maximum Gasteiger partial charge on any atom is 0.133 e. The van der Waals surface area contributed by atoms with Crippen molar-refractivity contribution >= 4 is 28.0 Å². The number of hydrogen-bond donors (Lipinski definition) is 1. The number of nitrogens with zero attached hydrogens (tertiary/aromatic N) is 4. The van der Waals surface area contributed by atoms with Gasteiger partial charge in [-0.25, -0.2) is 9.97 Å². The molecular weight excluding hydrogens is 420 g/mol. The normalized spacial score (nSPS) is 18.2. The Kier molecular flexibility index (Phi) is 4.67. The zero-order chi connectivity index (χ0) is 21.7. The standard InChI is InChI=1S/C26H21ClN4O/c27-24-15-28-14-23-26(30-25(31(23)24)12-16-10-20(32)11-16)19-7-6-18-8-9-21(29-22(18)13-19)17-4-2-1-3-5-17/h1-9,13-16,20,32H,10-12H2. The van der Waals surface area contributed by atoms with Crippen molar-refractivity contribution in [3.8, 4) is 22.5 Å². The van der Waals surface area contributed by atoms with Crippen molar-refractivity contribution in [3.63, 3.8) is 0 Å². The van der Waals surface area contributed by atoms with Crippen LogP contribution in [0.1, 0.15) is 18.7 Å². The first kappa shape index (κ1) is 19.4. The highest BCUT2D eigenvalue weighted by molar-refractivity contribution is 6.29. The van der Waals surface area contributed by atoms with E-state index in [0.717, 1.165) is 64.0 Å². The lowest BCUT2D eigenvalue weighted by atomic mass is 9.80. The van der Waals surface area contributed by atoms with E-state index in [0.29, 0.717) is 11.1 Å². The summed E-state index contributed by atoms with van der Waals surface area (Å²) in [5, 5.41) is 11.3. The zero-order valence-electron chi connectivity index (χ0n) is 17.3. The molecule has 0 radical (unpaired) electrons. The molecule has 6 heteroatoms. The molecule has 2 aromatic carbocycles. The minimum absolute atomic E-state index is 0.187. The van der Waals surface area contributed by atoms with Gasteiger partial charge in [-0.05, 0) is 30.9 Å². The summed E-state index contributed by atoms with van der Waals surface area (Å²) in [5.41, 5.74) is 5.67. The van der Waals surface area contributed by atoms with Gasteiger partial charge in [-0.2, -0.15) is 0 Å². The molecule has 158 valence electrons. The van der Waals surface area contributed by atoms with Gasteiger partial charge in [0.1, 0.15) is 11.0 Å². The van der Waals surface area contributed by atoms with E-state index in [1.165, 1.54) is 0 Å². The molecule has 1 fully saturated rings. The third kappa shape index (κ3) is 3.34. The summed E-state index contributed by atoms with van der Waals surface area (Å²) in [4.78, 5) is 14.2. The Morgan fingerprint density at radius 1 is 0.938 bits per heavy atom. The van der Waals surface area contributed by atoms with Crippen LogP contribution in [0.2, 0.25) is 5.15 Å². The number of fused-ring (bicyclic) bond motifs is 2. The maximum absolute atomic E-state index is 9.68. The van der Waals surface area contributed by atoms with Gasteiger partial charge in [-0.15, -0.1) is 0 Å². The fourth-order valence-electron chi connectivity index (χ4n) is 4.57. The number of aromatic nitrogens is 4. The highest BCUT2D eigenvalue weighted by Crippen LogP contribution is 2.34. The average Bonchev–Trinajstić information content (AvgIpc) is 3.17. The molecule has 0 bridgehead atoms. The van der Waals surface area contributed by atoms with Crippen molar-refractivity contribution in [1.82, 2.24) is 19.4 Å². The molecule has 0 amide bonds. The van der Waals surface area contributed by atoms with Crippen LogP contribution in [0, 0.1) is 5.92 Å². The molecule has 5 nitrogen and oxygen atoms in total. The van der Waals surface area contributed by atoms with E-state index < -0.39 is 0 Å². The molecule has 1 saturated carbocycles. The molecule has 3 heterocycles. The Labute approximate surface area is 190 Å². The lowest BCUT2D eigenvalue weighted by molar-refractivity contribution is 0.0423. The van der Waals surface area contributed by atoms with E-state index in [1.54, 1.807) is 6.20 Å². The molecule has 5 aromatic rings. The van der Waals surface area contributed by atoms with Gasteiger partial charge in [-0.3, -0.25) is 9.38 Å². The molecule has 0 atom stereocenters. The van der Waals surface area contributed by atoms with Gasteiger partial charge in [-0.1, -0.05) is 60.1 Å². The molecule has 32 heavy (non-hydrogen) atoms. The van der Waals surface area contributed by atoms with Gasteiger partial charge < -0.3 is 5.11 Å². The second kappa shape index (κ2) is 7.69. The Morgan fingerprint density at radius 3 is 2.56 bits per heavy atom. The molecule has 1 N–H and O–H groups in total. The molecule has 0 saturated heterocycles. The maximum atomic E-state index is 9.68.